The van der Waals surface area contributed by atoms with Gasteiger partial charge in [-0.3, -0.25) is 0 Å². The van der Waals surface area contributed by atoms with Gasteiger partial charge in [0, 0.05) is 12.5 Å². The lowest BCUT2D eigenvalue weighted by Gasteiger charge is -2.15. The van der Waals surface area contributed by atoms with Crippen molar-refractivity contribution in [1.82, 2.24) is 4.57 Å². The number of benzene rings is 1. The van der Waals surface area contributed by atoms with E-state index in [9.17, 15) is 0 Å². The van der Waals surface area contributed by atoms with Gasteiger partial charge in [-0.15, -0.1) is 22.7 Å². The van der Waals surface area contributed by atoms with Crippen LogP contribution in [0.4, 0.5) is 5.69 Å². The molecule has 4 nitrogen and oxygen atoms in total. The zero-order chi connectivity index (χ0) is 18.5. The molecular formula is C19H21ClN2O2S2. The van der Waals surface area contributed by atoms with E-state index >= 15 is 0 Å². The minimum absolute atomic E-state index is 0.156. The Kier molecular flexibility index (Phi) is 6.53. The lowest BCUT2D eigenvalue weighted by molar-refractivity contribution is 0.162. The van der Waals surface area contributed by atoms with Crippen LogP contribution in [0.1, 0.15) is 19.9 Å². The molecule has 0 fully saturated rings. The molecule has 0 bridgehead atoms. The quantitative estimate of drug-likeness (QED) is 0.497. The molecule has 0 aliphatic carbocycles. The highest BCUT2D eigenvalue weighted by Crippen LogP contribution is 2.32. The second kappa shape index (κ2) is 8.86. The van der Waals surface area contributed by atoms with Crippen LogP contribution in [0.25, 0.3) is 10.6 Å². The Morgan fingerprint density at radius 1 is 1.19 bits per heavy atom. The number of rotatable bonds is 7. The number of thiophene rings is 1. The molecule has 2 heterocycles. The van der Waals surface area contributed by atoms with E-state index < -0.39 is 0 Å². The van der Waals surface area contributed by atoms with Gasteiger partial charge in [-0.2, -0.15) is 0 Å². The van der Waals surface area contributed by atoms with Crippen LogP contribution in [0.15, 0.2) is 46.8 Å². The summed E-state index contributed by atoms with van der Waals surface area (Å²) < 4.78 is 13.9. The van der Waals surface area contributed by atoms with Crippen LogP contribution in [0.5, 0.6) is 5.75 Å². The van der Waals surface area contributed by atoms with Crippen LogP contribution >= 0.6 is 34.3 Å². The molecule has 0 radical (unpaired) electrons. The molecule has 0 aliphatic rings. The van der Waals surface area contributed by atoms with E-state index in [4.69, 9.17) is 26.1 Å². The number of ether oxygens (including phenoxy) is 2. The second-order valence-corrected chi connectivity index (χ2v) is 8.27. The van der Waals surface area contributed by atoms with Crippen molar-refractivity contribution in [2.24, 2.45) is 4.99 Å². The van der Waals surface area contributed by atoms with Crippen molar-refractivity contribution in [2.45, 2.75) is 19.9 Å². The van der Waals surface area contributed by atoms with E-state index in [0.717, 1.165) is 31.1 Å². The Balaban J connectivity index is 2.04. The monoisotopic (exact) mass is 408 g/mol. The number of hydrogen-bond donors (Lipinski definition) is 0. The number of hydrogen-bond acceptors (Lipinski definition) is 5. The van der Waals surface area contributed by atoms with E-state index in [2.05, 4.69) is 16.9 Å². The molecule has 0 saturated carbocycles. The normalized spacial score (nSPS) is 13.2. The highest BCUT2D eigenvalue weighted by atomic mass is 35.5. The van der Waals surface area contributed by atoms with Gasteiger partial charge >= 0.3 is 0 Å². The fourth-order valence-electron chi connectivity index (χ4n) is 2.67. The van der Waals surface area contributed by atoms with Crippen molar-refractivity contribution < 1.29 is 9.47 Å². The van der Waals surface area contributed by atoms with Gasteiger partial charge in [-0.1, -0.05) is 11.6 Å². The molecule has 7 heteroatoms. The van der Waals surface area contributed by atoms with Crippen LogP contribution in [-0.2, 0) is 4.74 Å². The molecule has 0 saturated heterocycles. The number of nitrogens with zero attached hydrogens (tertiary/aromatic N) is 2. The number of thiazole rings is 1. The number of aromatic nitrogens is 1. The summed E-state index contributed by atoms with van der Waals surface area (Å²) in [7, 11) is 1.72. The summed E-state index contributed by atoms with van der Waals surface area (Å²) in [6.07, 6.45) is 0. The Hall–Kier alpha value is -1.60. The Morgan fingerprint density at radius 2 is 1.96 bits per heavy atom. The first kappa shape index (κ1) is 19.2. The maximum absolute atomic E-state index is 6.13. The van der Waals surface area contributed by atoms with Crippen LogP contribution in [-0.4, -0.2) is 24.9 Å². The maximum Gasteiger partial charge on any atom is 0.190 e. The van der Waals surface area contributed by atoms with E-state index in [0.29, 0.717) is 13.2 Å². The zero-order valence-electron chi connectivity index (χ0n) is 14.9. The molecule has 3 aromatic rings. The average molecular weight is 409 g/mol. The van der Waals surface area contributed by atoms with Gasteiger partial charge < -0.3 is 14.0 Å². The van der Waals surface area contributed by atoms with Crippen LogP contribution in [0.3, 0.4) is 0 Å². The SMILES string of the molecule is CCOc1ccc(N=c2scc(-c3ccc(Cl)s3)n2C(C)COC)cc1. The van der Waals surface area contributed by atoms with Gasteiger partial charge in [0.15, 0.2) is 4.80 Å². The fourth-order valence-corrected chi connectivity index (χ4v) is 4.81. The summed E-state index contributed by atoms with van der Waals surface area (Å²) in [6.45, 7) is 5.37. The molecule has 0 N–H and O–H groups in total. The molecule has 0 amide bonds. The van der Waals surface area contributed by atoms with Crippen molar-refractivity contribution in [3.8, 4) is 16.3 Å². The van der Waals surface area contributed by atoms with Crippen molar-refractivity contribution in [3.63, 3.8) is 0 Å². The van der Waals surface area contributed by atoms with Crippen molar-refractivity contribution in [1.29, 1.82) is 0 Å². The van der Waals surface area contributed by atoms with Gasteiger partial charge in [0.05, 0.1) is 39.9 Å². The average Bonchev–Trinajstić information content (AvgIpc) is 3.23. The van der Waals surface area contributed by atoms with Gasteiger partial charge in [0.25, 0.3) is 0 Å². The van der Waals surface area contributed by atoms with Crippen LogP contribution in [0, 0.1) is 0 Å². The molecule has 3 rings (SSSR count). The summed E-state index contributed by atoms with van der Waals surface area (Å²) in [4.78, 5) is 6.90. The van der Waals surface area contributed by atoms with E-state index in [1.807, 2.05) is 43.3 Å². The first-order chi connectivity index (χ1) is 12.6. The predicted molar refractivity (Wildman–Crippen MR) is 110 cm³/mol. The lowest BCUT2D eigenvalue weighted by atomic mass is 10.3. The molecule has 1 unspecified atom stereocenters. The zero-order valence-corrected chi connectivity index (χ0v) is 17.3. The summed E-state index contributed by atoms with van der Waals surface area (Å²) >= 11 is 9.32. The summed E-state index contributed by atoms with van der Waals surface area (Å²) in [6, 6.07) is 12.0. The molecule has 0 aliphatic heterocycles. The van der Waals surface area contributed by atoms with Crippen molar-refractivity contribution in [2.75, 3.05) is 20.3 Å². The molecular weight excluding hydrogens is 388 g/mol. The molecule has 138 valence electrons. The molecule has 0 spiro atoms. The highest BCUT2D eigenvalue weighted by Gasteiger charge is 2.15. The first-order valence-corrected chi connectivity index (χ1v) is 10.4. The Labute approximate surface area is 166 Å². The summed E-state index contributed by atoms with van der Waals surface area (Å²) in [5.74, 6) is 0.854. The third kappa shape index (κ3) is 4.38. The predicted octanol–water partition coefficient (Wildman–Crippen LogP) is 5.77. The largest absolute Gasteiger partial charge is 0.494 e. The smallest absolute Gasteiger partial charge is 0.190 e. The van der Waals surface area contributed by atoms with Gasteiger partial charge in [0.1, 0.15) is 5.75 Å². The van der Waals surface area contributed by atoms with Gasteiger partial charge in [0.2, 0.25) is 0 Å². The topological polar surface area (TPSA) is 35.8 Å². The van der Waals surface area contributed by atoms with Crippen molar-refractivity contribution in [3.05, 3.63) is 50.9 Å². The third-order valence-electron chi connectivity index (χ3n) is 3.79. The summed E-state index contributed by atoms with van der Waals surface area (Å²) in [5.41, 5.74) is 2.01. The fraction of sp³-hybridized carbons (Fsp3) is 0.316. The van der Waals surface area contributed by atoms with E-state index in [1.165, 1.54) is 0 Å². The van der Waals surface area contributed by atoms with Crippen LogP contribution in [0.2, 0.25) is 4.34 Å². The van der Waals surface area contributed by atoms with E-state index in [-0.39, 0.29) is 6.04 Å². The summed E-state index contributed by atoms with van der Waals surface area (Å²) in [5, 5.41) is 2.13. The molecule has 1 aromatic carbocycles. The van der Waals surface area contributed by atoms with E-state index in [1.54, 1.807) is 29.8 Å². The lowest BCUT2D eigenvalue weighted by Crippen LogP contribution is -2.22. The van der Waals surface area contributed by atoms with Crippen LogP contribution < -0.4 is 9.54 Å². The van der Waals surface area contributed by atoms with Gasteiger partial charge in [-0.25, -0.2) is 4.99 Å². The Morgan fingerprint density at radius 3 is 2.58 bits per heavy atom. The number of methoxy groups -OCH3 is 1. The number of halogens is 1. The van der Waals surface area contributed by atoms with Gasteiger partial charge in [-0.05, 0) is 50.2 Å². The minimum Gasteiger partial charge on any atom is -0.494 e. The Bertz CT molecular complexity index is 912. The highest BCUT2D eigenvalue weighted by molar-refractivity contribution is 7.19. The minimum atomic E-state index is 0.156. The van der Waals surface area contributed by atoms with Crippen molar-refractivity contribution >= 4 is 40.0 Å². The molecule has 2 aromatic heterocycles. The second-order valence-electron chi connectivity index (χ2n) is 5.72. The standard InChI is InChI=1S/C19H21ClN2O2S2/c1-4-24-15-7-5-14(6-8-15)21-19-22(13(2)11-23-3)16(12-25-19)17-9-10-18(20)26-17/h5-10,12-13H,4,11H2,1-3H3. The molecule has 26 heavy (non-hydrogen) atoms. The third-order valence-corrected chi connectivity index (χ3v) is 5.88. The molecule has 1 atom stereocenters. The maximum atomic E-state index is 6.13. The first-order valence-electron chi connectivity index (χ1n) is 8.34.